The Hall–Kier alpha value is -1.67. The predicted octanol–water partition coefficient (Wildman–Crippen LogP) is 7.37. The van der Waals surface area contributed by atoms with Crippen LogP contribution in [0.4, 0.5) is 5.69 Å². The maximum atomic E-state index is 12.5. The molecule has 0 saturated carbocycles. The first-order valence-electron chi connectivity index (χ1n) is 8.42. The Bertz CT molecular complexity index is 1140. The van der Waals surface area contributed by atoms with Crippen LogP contribution in [0.3, 0.4) is 0 Å². The number of carbonyl (C=O) groups excluding carboxylic acids is 1. The van der Waals surface area contributed by atoms with Crippen LogP contribution in [0.1, 0.15) is 15.9 Å². The van der Waals surface area contributed by atoms with Crippen molar-refractivity contribution in [2.24, 2.45) is 0 Å². The molecule has 0 aliphatic carbocycles. The highest BCUT2D eigenvalue weighted by Crippen LogP contribution is 2.33. The second-order valence-corrected chi connectivity index (χ2v) is 10.0. The molecule has 1 aromatic heterocycles. The molecule has 0 saturated heterocycles. The molecule has 3 nitrogen and oxygen atoms in total. The van der Waals surface area contributed by atoms with E-state index in [1.807, 2.05) is 48.5 Å². The summed E-state index contributed by atoms with van der Waals surface area (Å²) in [6.07, 6.45) is 0. The molecule has 0 bridgehead atoms. The number of fused-ring (bicyclic) bond motifs is 1. The molecular formula is C21H14Br2N2OS2. The molecule has 0 atom stereocenters. The number of hydrogen-bond acceptors (Lipinski definition) is 4. The van der Waals surface area contributed by atoms with Crippen LogP contribution in [-0.4, -0.2) is 10.9 Å². The summed E-state index contributed by atoms with van der Waals surface area (Å²) in [4.78, 5) is 17.2. The summed E-state index contributed by atoms with van der Waals surface area (Å²) in [5.74, 6) is 0.736. The largest absolute Gasteiger partial charge is 0.322 e. The number of thioether (sulfide) groups is 1. The zero-order chi connectivity index (χ0) is 19.5. The van der Waals surface area contributed by atoms with Crippen molar-refractivity contribution in [1.29, 1.82) is 0 Å². The van der Waals surface area contributed by atoms with Crippen LogP contribution in [0.5, 0.6) is 0 Å². The summed E-state index contributed by atoms with van der Waals surface area (Å²) in [6.45, 7) is 0. The molecule has 0 unspecified atom stereocenters. The van der Waals surface area contributed by atoms with E-state index in [-0.39, 0.29) is 5.91 Å². The van der Waals surface area contributed by atoms with Crippen LogP contribution in [-0.2, 0) is 5.75 Å². The van der Waals surface area contributed by atoms with E-state index in [0.717, 1.165) is 34.9 Å². The van der Waals surface area contributed by atoms with Crippen LogP contribution >= 0.6 is 55.0 Å². The summed E-state index contributed by atoms with van der Waals surface area (Å²) >= 11 is 10.2. The Balaban J connectivity index is 1.47. The molecule has 4 aromatic rings. The van der Waals surface area contributed by atoms with Crippen molar-refractivity contribution in [3.8, 4) is 0 Å². The number of thiazole rings is 1. The third-order valence-corrected chi connectivity index (χ3v) is 7.47. The van der Waals surface area contributed by atoms with E-state index >= 15 is 0 Å². The van der Waals surface area contributed by atoms with Gasteiger partial charge in [0.2, 0.25) is 0 Å². The Morgan fingerprint density at radius 3 is 2.61 bits per heavy atom. The van der Waals surface area contributed by atoms with Gasteiger partial charge in [0.05, 0.1) is 15.8 Å². The Labute approximate surface area is 187 Å². The van der Waals surface area contributed by atoms with Crippen LogP contribution in [0.25, 0.3) is 10.2 Å². The molecule has 0 aliphatic heterocycles. The molecule has 0 fully saturated rings. The van der Waals surface area contributed by atoms with Gasteiger partial charge in [0, 0.05) is 20.4 Å². The van der Waals surface area contributed by atoms with E-state index < -0.39 is 0 Å². The molecule has 4 rings (SSSR count). The highest BCUT2D eigenvalue weighted by atomic mass is 79.9. The van der Waals surface area contributed by atoms with Gasteiger partial charge < -0.3 is 5.32 Å². The number of nitrogens with one attached hydrogen (secondary N) is 1. The van der Waals surface area contributed by atoms with E-state index in [1.165, 1.54) is 5.56 Å². The highest BCUT2D eigenvalue weighted by Gasteiger charge is 2.11. The van der Waals surface area contributed by atoms with Crippen molar-refractivity contribution in [3.05, 3.63) is 86.8 Å². The smallest absolute Gasteiger partial charge is 0.256 e. The number of halogens is 2. The zero-order valence-corrected chi connectivity index (χ0v) is 19.3. The minimum absolute atomic E-state index is 0.138. The van der Waals surface area contributed by atoms with Crippen molar-refractivity contribution in [2.75, 3.05) is 5.32 Å². The van der Waals surface area contributed by atoms with Gasteiger partial charge in [0.15, 0.2) is 4.34 Å². The lowest BCUT2D eigenvalue weighted by Crippen LogP contribution is -2.12. The molecule has 28 heavy (non-hydrogen) atoms. The minimum Gasteiger partial charge on any atom is -0.322 e. The van der Waals surface area contributed by atoms with Crippen LogP contribution in [0.15, 0.2) is 80.0 Å². The molecule has 7 heteroatoms. The second kappa shape index (κ2) is 8.78. The van der Waals surface area contributed by atoms with Crippen molar-refractivity contribution in [3.63, 3.8) is 0 Å². The van der Waals surface area contributed by atoms with Gasteiger partial charge >= 0.3 is 0 Å². The normalized spacial score (nSPS) is 10.9. The van der Waals surface area contributed by atoms with E-state index in [4.69, 9.17) is 0 Å². The highest BCUT2D eigenvalue weighted by molar-refractivity contribution is 9.10. The van der Waals surface area contributed by atoms with Gasteiger partial charge in [0.25, 0.3) is 5.91 Å². The van der Waals surface area contributed by atoms with Gasteiger partial charge in [-0.25, -0.2) is 4.98 Å². The third-order valence-electron chi connectivity index (χ3n) is 4.02. The van der Waals surface area contributed by atoms with Crippen LogP contribution in [0, 0.1) is 0 Å². The first-order chi connectivity index (χ1) is 13.6. The molecule has 1 N–H and O–H groups in total. The van der Waals surface area contributed by atoms with Gasteiger partial charge in [-0.2, -0.15) is 0 Å². The summed E-state index contributed by atoms with van der Waals surface area (Å²) in [5, 5.41) is 2.96. The number of anilines is 1. The van der Waals surface area contributed by atoms with E-state index in [9.17, 15) is 4.79 Å². The molecule has 1 amide bonds. The second-order valence-electron chi connectivity index (χ2n) is 6.01. The Kier molecular flexibility index (Phi) is 6.16. The summed E-state index contributed by atoms with van der Waals surface area (Å²) in [6, 6.07) is 21.5. The van der Waals surface area contributed by atoms with E-state index in [0.29, 0.717) is 5.56 Å². The topological polar surface area (TPSA) is 42.0 Å². The third kappa shape index (κ3) is 4.66. The molecule has 0 spiro atoms. The van der Waals surface area contributed by atoms with Gasteiger partial charge in [-0.05, 0) is 64.0 Å². The van der Waals surface area contributed by atoms with Crippen molar-refractivity contribution < 1.29 is 4.79 Å². The standard InChI is InChI=1S/C21H14Br2N2OS2/c22-14-7-5-13(6-8-14)12-27-21-25-18-10-9-15(11-19(18)28-21)24-20(26)16-3-1-2-4-17(16)23/h1-11H,12H2,(H,24,26). The lowest BCUT2D eigenvalue weighted by atomic mass is 10.2. The maximum Gasteiger partial charge on any atom is 0.256 e. The summed E-state index contributed by atoms with van der Waals surface area (Å²) < 4.78 is 3.94. The predicted molar refractivity (Wildman–Crippen MR) is 125 cm³/mol. The van der Waals surface area contributed by atoms with Gasteiger partial charge in [-0.3, -0.25) is 4.79 Å². The Morgan fingerprint density at radius 1 is 1.04 bits per heavy atom. The molecule has 1 heterocycles. The molecule has 0 aliphatic rings. The first-order valence-corrected chi connectivity index (χ1v) is 11.8. The Morgan fingerprint density at radius 2 is 1.82 bits per heavy atom. The number of aromatic nitrogens is 1. The number of benzene rings is 3. The van der Waals surface area contributed by atoms with Gasteiger partial charge in [-0.15, -0.1) is 11.3 Å². The monoisotopic (exact) mass is 532 g/mol. The maximum absolute atomic E-state index is 12.5. The fourth-order valence-electron chi connectivity index (χ4n) is 2.61. The van der Waals surface area contributed by atoms with Crippen LogP contribution in [0.2, 0.25) is 0 Å². The fourth-order valence-corrected chi connectivity index (χ4v) is 5.41. The van der Waals surface area contributed by atoms with Crippen LogP contribution < -0.4 is 5.32 Å². The lowest BCUT2D eigenvalue weighted by molar-refractivity contribution is 0.102. The average Bonchev–Trinajstić information content (AvgIpc) is 3.10. The summed E-state index contributed by atoms with van der Waals surface area (Å²) in [7, 11) is 0. The quantitative estimate of drug-likeness (QED) is 0.272. The lowest BCUT2D eigenvalue weighted by Gasteiger charge is -2.06. The number of carbonyl (C=O) groups is 1. The van der Waals surface area contributed by atoms with Crippen molar-refractivity contribution in [2.45, 2.75) is 10.1 Å². The van der Waals surface area contributed by atoms with Crippen molar-refractivity contribution in [1.82, 2.24) is 4.98 Å². The number of hydrogen-bond donors (Lipinski definition) is 1. The zero-order valence-electron chi connectivity index (χ0n) is 14.5. The fraction of sp³-hybridized carbons (Fsp3) is 0.0476. The number of amides is 1. The minimum atomic E-state index is -0.138. The summed E-state index contributed by atoms with van der Waals surface area (Å²) in [5.41, 5.74) is 3.58. The number of nitrogens with zero attached hydrogens (tertiary/aromatic N) is 1. The molecule has 3 aromatic carbocycles. The molecule has 140 valence electrons. The first kappa shape index (κ1) is 19.6. The van der Waals surface area contributed by atoms with E-state index in [1.54, 1.807) is 29.2 Å². The van der Waals surface area contributed by atoms with Gasteiger partial charge in [0.1, 0.15) is 0 Å². The average molecular weight is 534 g/mol. The number of rotatable bonds is 5. The molecular weight excluding hydrogens is 520 g/mol. The SMILES string of the molecule is O=C(Nc1ccc2nc(SCc3ccc(Br)cc3)sc2c1)c1ccccc1Br. The van der Waals surface area contributed by atoms with E-state index in [2.05, 4.69) is 54.3 Å². The van der Waals surface area contributed by atoms with Crippen molar-refractivity contribution >= 4 is 76.8 Å². The van der Waals surface area contributed by atoms with Gasteiger partial charge in [-0.1, -0.05) is 52.0 Å². The molecule has 0 radical (unpaired) electrons.